The van der Waals surface area contributed by atoms with E-state index in [1.54, 1.807) is 25.3 Å². The molecule has 10 heteroatoms. The Morgan fingerprint density at radius 2 is 1.83 bits per heavy atom. The van der Waals surface area contributed by atoms with E-state index in [0.717, 1.165) is 25.2 Å². The number of hydrogen-bond acceptors (Lipinski definition) is 8. The van der Waals surface area contributed by atoms with Gasteiger partial charge in [0.2, 0.25) is 0 Å². The van der Waals surface area contributed by atoms with Crippen LogP contribution in [-0.4, -0.2) is 78.0 Å². The van der Waals surface area contributed by atoms with Crippen LogP contribution in [0.25, 0.3) is 5.76 Å². The molecule has 4 rings (SSSR count). The Kier molecular flexibility index (Phi) is 7.66. The van der Waals surface area contributed by atoms with Crippen LogP contribution in [0, 0.1) is 17.0 Å². The second kappa shape index (κ2) is 10.9. The van der Waals surface area contributed by atoms with Crippen LogP contribution in [0.4, 0.5) is 5.69 Å². The number of methoxy groups -OCH3 is 1. The fourth-order valence-electron chi connectivity index (χ4n) is 4.71. The number of nitro groups is 1. The highest BCUT2D eigenvalue weighted by atomic mass is 16.6. The Balaban J connectivity index is 1.70. The topological polar surface area (TPSA) is 122 Å². The summed E-state index contributed by atoms with van der Waals surface area (Å²) < 4.78 is 10.7. The van der Waals surface area contributed by atoms with Gasteiger partial charge < -0.3 is 19.5 Å². The number of aryl methyl sites for hydroxylation is 1. The average molecular weight is 496 g/mol. The summed E-state index contributed by atoms with van der Waals surface area (Å²) in [5.41, 5.74) is 1.51. The number of morpholine rings is 1. The lowest BCUT2D eigenvalue weighted by atomic mass is 9.94. The molecule has 0 radical (unpaired) electrons. The second-order valence-corrected chi connectivity index (χ2v) is 8.83. The van der Waals surface area contributed by atoms with Gasteiger partial charge in [-0.1, -0.05) is 0 Å². The summed E-state index contributed by atoms with van der Waals surface area (Å²) in [5.74, 6) is -1.15. The van der Waals surface area contributed by atoms with Gasteiger partial charge in [0.25, 0.3) is 17.4 Å². The molecule has 2 aromatic carbocycles. The van der Waals surface area contributed by atoms with Gasteiger partial charge in [-0.2, -0.15) is 0 Å². The fraction of sp³-hybridized carbons (Fsp3) is 0.385. The van der Waals surface area contributed by atoms with Crippen LogP contribution in [0.15, 0.2) is 48.0 Å². The molecule has 2 heterocycles. The molecule has 0 aromatic heterocycles. The maximum Gasteiger partial charge on any atom is 0.295 e. The van der Waals surface area contributed by atoms with Crippen LogP contribution in [0.2, 0.25) is 0 Å². The number of likely N-dealkylation sites (tertiary alicyclic amines) is 1. The van der Waals surface area contributed by atoms with Gasteiger partial charge in [0.1, 0.15) is 11.5 Å². The lowest BCUT2D eigenvalue weighted by Crippen LogP contribution is -2.38. The van der Waals surface area contributed by atoms with Crippen LogP contribution in [0.1, 0.15) is 29.2 Å². The van der Waals surface area contributed by atoms with E-state index in [2.05, 4.69) is 4.90 Å². The summed E-state index contributed by atoms with van der Waals surface area (Å²) >= 11 is 0. The fourth-order valence-corrected chi connectivity index (χ4v) is 4.71. The summed E-state index contributed by atoms with van der Waals surface area (Å²) in [4.78, 5) is 40.6. The molecule has 0 unspecified atom stereocenters. The standard InChI is InChI=1S/C26H29N3O7/c1-17-16-19(6-9-21(17)35-2)24(30)22-23(18-4-7-20(8-5-18)29(33)34)28(26(32)25(22)31)11-3-10-27-12-14-36-15-13-27/h4-9,16,23,30H,3,10-15H2,1-2H3/b24-22+/t23-/m0/s1. The van der Waals surface area contributed by atoms with Gasteiger partial charge in [0.15, 0.2) is 0 Å². The average Bonchev–Trinajstić information content (AvgIpc) is 3.14. The zero-order valence-electron chi connectivity index (χ0n) is 20.3. The highest BCUT2D eigenvalue weighted by molar-refractivity contribution is 6.46. The Morgan fingerprint density at radius 1 is 1.14 bits per heavy atom. The summed E-state index contributed by atoms with van der Waals surface area (Å²) in [6, 6.07) is 9.85. The third-order valence-electron chi connectivity index (χ3n) is 6.60. The molecule has 10 nitrogen and oxygen atoms in total. The molecule has 1 atom stereocenters. The third-order valence-corrected chi connectivity index (χ3v) is 6.60. The van der Waals surface area contributed by atoms with Crippen molar-refractivity contribution in [3.63, 3.8) is 0 Å². The first-order valence-corrected chi connectivity index (χ1v) is 11.8. The highest BCUT2D eigenvalue weighted by Gasteiger charge is 2.46. The SMILES string of the molecule is COc1ccc(/C(O)=C2\C(=O)C(=O)N(CCCN3CCOCC3)[C@H]2c2ccc([N+](=O)[O-])cc2)cc1C. The number of carbonyl (C=O) groups is 2. The van der Waals surface area contributed by atoms with Gasteiger partial charge in [-0.3, -0.25) is 24.6 Å². The van der Waals surface area contributed by atoms with E-state index in [1.807, 2.05) is 6.92 Å². The monoisotopic (exact) mass is 495 g/mol. The normalized spacial score (nSPS) is 20.1. The van der Waals surface area contributed by atoms with Crippen molar-refractivity contribution in [3.05, 3.63) is 74.8 Å². The Morgan fingerprint density at radius 3 is 2.44 bits per heavy atom. The molecule has 2 aromatic rings. The minimum absolute atomic E-state index is 0.0372. The number of nitrogens with zero attached hydrogens (tertiary/aromatic N) is 3. The number of amides is 1. The molecule has 0 bridgehead atoms. The molecule has 0 spiro atoms. The molecule has 190 valence electrons. The van der Waals surface area contributed by atoms with Crippen molar-refractivity contribution in [1.29, 1.82) is 0 Å². The summed E-state index contributed by atoms with van der Waals surface area (Å²) in [6.45, 7) is 5.78. The van der Waals surface area contributed by atoms with Crippen LogP contribution in [-0.2, 0) is 14.3 Å². The van der Waals surface area contributed by atoms with Crippen LogP contribution in [0.5, 0.6) is 5.75 Å². The van der Waals surface area contributed by atoms with Gasteiger partial charge in [-0.05, 0) is 54.8 Å². The zero-order chi connectivity index (χ0) is 25.8. The number of ether oxygens (including phenoxy) is 2. The van der Waals surface area contributed by atoms with E-state index >= 15 is 0 Å². The zero-order valence-corrected chi connectivity index (χ0v) is 20.3. The molecule has 2 aliphatic rings. The number of benzene rings is 2. The lowest BCUT2D eigenvalue weighted by molar-refractivity contribution is -0.384. The van der Waals surface area contributed by atoms with Crippen molar-refractivity contribution < 1.29 is 29.1 Å². The summed E-state index contributed by atoms with van der Waals surface area (Å²) in [7, 11) is 1.54. The van der Waals surface area contributed by atoms with E-state index in [1.165, 1.54) is 29.2 Å². The number of Topliss-reactive ketones (excluding diaryl/α,β-unsaturated/α-hetero) is 1. The maximum absolute atomic E-state index is 13.2. The molecule has 2 fully saturated rings. The van der Waals surface area contributed by atoms with Gasteiger partial charge >= 0.3 is 0 Å². The Hall–Kier alpha value is -3.76. The van der Waals surface area contributed by atoms with Crippen LogP contribution in [0.3, 0.4) is 0 Å². The van der Waals surface area contributed by atoms with Gasteiger partial charge in [-0.25, -0.2) is 0 Å². The number of aliphatic hydroxyl groups excluding tert-OH is 1. The number of hydrogen-bond donors (Lipinski definition) is 1. The third kappa shape index (κ3) is 5.09. The van der Waals surface area contributed by atoms with Gasteiger partial charge in [-0.15, -0.1) is 0 Å². The number of ketones is 1. The van der Waals surface area contributed by atoms with E-state index in [0.29, 0.717) is 43.1 Å². The maximum atomic E-state index is 13.2. The van der Waals surface area contributed by atoms with E-state index in [-0.39, 0.29) is 17.0 Å². The molecule has 0 aliphatic carbocycles. The predicted molar refractivity (Wildman–Crippen MR) is 132 cm³/mol. The predicted octanol–water partition coefficient (Wildman–Crippen LogP) is 3.06. The molecular weight excluding hydrogens is 466 g/mol. The Labute approximate surface area is 208 Å². The first-order valence-electron chi connectivity index (χ1n) is 11.8. The second-order valence-electron chi connectivity index (χ2n) is 8.83. The quantitative estimate of drug-likeness (QED) is 0.195. The Bertz CT molecular complexity index is 1190. The summed E-state index contributed by atoms with van der Waals surface area (Å²) in [6.07, 6.45) is 0.623. The molecule has 36 heavy (non-hydrogen) atoms. The molecular formula is C26H29N3O7. The first-order chi connectivity index (χ1) is 17.3. The molecule has 0 saturated carbocycles. The minimum Gasteiger partial charge on any atom is -0.507 e. The van der Waals surface area contributed by atoms with E-state index in [4.69, 9.17) is 9.47 Å². The summed E-state index contributed by atoms with van der Waals surface area (Å²) in [5, 5.41) is 22.4. The largest absolute Gasteiger partial charge is 0.507 e. The number of carbonyl (C=O) groups excluding carboxylic acids is 2. The van der Waals surface area contributed by atoms with Crippen molar-refractivity contribution in [3.8, 4) is 5.75 Å². The van der Waals surface area contributed by atoms with E-state index in [9.17, 15) is 24.8 Å². The van der Waals surface area contributed by atoms with Gasteiger partial charge in [0.05, 0.1) is 36.9 Å². The highest BCUT2D eigenvalue weighted by Crippen LogP contribution is 2.40. The van der Waals surface area contributed by atoms with Crippen molar-refractivity contribution in [2.75, 3.05) is 46.5 Å². The molecule has 2 aliphatic heterocycles. The number of non-ortho nitro benzene ring substituents is 1. The smallest absolute Gasteiger partial charge is 0.295 e. The molecule has 2 saturated heterocycles. The van der Waals surface area contributed by atoms with Crippen LogP contribution >= 0.6 is 0 Å². The molecule has 1 amide bonds. The van der Waals surface area contributed by atoms with Crippen molar-refractivity contribution in [2.45, 2.75) is 19.4 Å². The first kappa shape index (κ1) is 25.3. The van der Waals surface area contributed by atoms with Crippen LogP contribution < -0.4 is 4.74 Å². The number of rotatable bonds is 8. The van der Waals surface area contributed by atoms with Gasteiger partial charge in [0, 0.05) is 43.9 Å². The number of aliphatic hydroxyl groups is 1. The van der Waals surface area contributed by atoms with Crippen molar-refractivity contribution in [2.24, 2.45) is 0 Å². The lowest BCUT2D eigenvalue weighted by Gasteiger charge is -2.29. The molecule has 1 N–H and O–H groups in total. The van der Waals surface area contributed by atoms with Crippen molar-refractivity contribution >= 4 is 23.1 Å². The van der Waals surface area contributed by atoms with E-state index < -0.39 is 22.7 Å². The minimum atomic E-state index is -0.863. The van der Waals surface area contributed by atoms with Crippen molar-refractivity contribution in [1.82, 2.24) is 9.80 Å². The number of nitro benzene ring substituents is 1.